The fourth-order valence-electron chi connectivity index (χ4n) is 0.972. The Balaban J connectivity index is 2.83. The summed E-state index contributed by atoms with van der Waals surface area (Å²) in [6.45, 7) is 4.01. The Hall–Kier alpha value is -0.920. The molecule has 1 aliphatic carbocycles. The van der Waals surface area contributed by atoms with Gasteiger partial charge in [0, 0.05) is 0 Å². The first-order valence-electron chi connectivity index (χ1n) is 3.43. The van der Waals surface area contributed by atoms with Crippen molar-refractivity contribution in [1.29, 1.82) is 0 Å². The van der Waals surface area contributed by atoms with Crippen LogP contribution in [0.15, 0.2) is 23.7 Å². The number of rotatable bonds is 0. The zero-order valence-electron chi connectivity index (χ0n) is 6.20. The third kappa shape index (κ3) is 1.15. The molecular weight excluding hydrogens is 128 g/mol. The molecule has 0 heterocycles. The average molecular weight is 140 g/mol. The zero-order chi connectivity index (χ0) is 7.72. The minimum atomic E-state index is 0.00519. The summed E-state index contributed by atoms with van der Waals surface area (Å²) < 4.78 is 0. The first-order chi connectivity index (χ1) is 4.61. The maximum absolute atomic E-state index is 9.01. The van der Waals surface area contributed by atoms with Crippen molar-refractivity contribution in [2.45, 2.75) is 13.8 Å². The second kappa shape index (κ2) is 2.37. The highest BCUT2D eigenvalue weighted by Gasteiger charge is 2.16. The van der Waals surface area contributed by atoms with Gasteiger partial charge < -0.3 is 10.2 Å². The van der Waals surface area contributed by atoms with E-state index in [-0.39, 0.29) is 11.5 Å². The van der Waals surface area contributed by atoms with Crippen LogP contribution >= 0.6 is 0 Å². The van der Waals surface area contributed by atoms with Crippen LogP contribution in [0.1, 0.15) is 13.8 Å². The molecule has 2 atom stereocenters. The van der Waals surface area contributed by atoms with Crippen LogP contribution < -0.4 is 0 Å². The first-order valence-corrected chi connectivity index (χ1v) is 3.43. The van der Waals surface area contributed by atoms with Crippen molar-refractivity contribution in [3.05, 3.63) is 23.7 Å². The molecule has 0 aromatic heterocycles. The Labute approximate surface area is 60.5 Å². The molecule has 0 spiro atoms. The van der Waals surface area contributed by atoms with Gasteiger partial charge in [0.05, 0.1) is 0 Å². The first kappa shape index (κ1) is 7.19. The molecule has 2 unspecified atom stereocenters. The van der Waals surface area contributed by atoms with Crippen LogP contribution in [0.25, 0.3) is 0 Å². The van der Waals surface area contributed by atoms with E-state index in [0.29, 0.717) is 11.8 Å². The molecule has 1 aliphatic rings. The predicted molar refractivity (Wildman–Crippen MR) is 39.8 cm³/mol. The van der Waals surface area contributed by atoms with Gasteiger partial charge in [0.25, 0.3) is 0 Å². The highest BCUT2D eigenvalue weighted by molar-refractivity contribution is 5.23. The maximum Gasteiger partial charge on any atom is 0.153 e. The normalized spacial score (nSPS) is 33.0. The molecule has 0 aromatic carbocycles. The lowest BCUT2D eigenvalue weighted by Crippen LogP contribution is -2.10. The van der Waals surface area contributed by atoms with Gasteiger partial charge in [-0.25, -0.2) is 0 Å². The summed E-state index contributed by atoms with van der Waals surface area (Å²) in [7, 11) is 0. The van der Waals surface area contributed by atoms with E-state index < -0.39 is 0 Å². The van der Waals surface area contributed by atoms with Crippen molar-refractivity contribution in [3.8, 4) is 0 Å². The third-order valence-electron chi connectivity index (χ3n) is 1.93. The zero-order valence-corrected chi connectivity index (χ0v) is 6.20. The molecule has 1 rings (SSSR count). The Morgan fingerprint density at radius 1 is 1.00 bits per heavy atom. The number of allylic oxidation sites excluding steroid dienone is 2. The van der Waals surface area contributed by atoms with Gasteiger partial charge in [-0.3, -0.25) is 0 Å². The van der Waals surface area contributed by atoms with Gasteiger partial charge >= 0.3 is 0 Å². The van der Waals surface area contributed by atoms with Crippen LogP contribution in [-0.2, 0) is 0 Å². The minimum absolute atomic E-state index is 0.00519. The summed E-state index contributed by atoms with van der Waals surface area (Å²) in [4.78, 5) is 0. The number of aliphatic hydroxyl groups is 2. The Kier molecular flexibility index (Phi) is 1.70. The standard InChI is InChI=1S/C8H12O2/c1-5-3-7(9)8(10)4-6(5)2/h3-6,9-10H,1-2H3. The van der Waals surface area contributed by atoms with Gasteiger partial charge in [-0.1, -0.05) is 13.8 Å². The van der Waals surface area contributed by atoms with Crippen molar-refractivity contribution in [1.82, 2.24) is 0 Å². The Bertz CT molecular complexity index is 169. The third-order valence-corrected chi connectivity index (χ3v) is 1.93. The summed E-state index contributed by atoms with van der Waals surface area (Å²) in [6.07, 6.45) is 3.33. The van der Waals surface area contributed by atoms with E-state index in [1.807, 2.05) is 13.8 Å². The van der Waals surface area contributed by atoms with Crippen LogP contribution in [0.4, 0.5) is 0 Å². The lowest BCUT2D eigenvalue weighted by Gasteiger charge is -2.17. The molecule has 2 heteroatoms. The molecule has 0 aliphatic heterocycles. The minimum Gasteiger partial charge on any atom is -0.504 e. The average Bonchev–Trinajstić information content (AvgIpc) is 1.84. The fourth-order valence-corrected chi connectivity index (χ4v) is 0.972. The van der Waals surface area contributed by atoms with Crippen LogP contribution in [0.5, 0.6) is 0 Å². The Morgan fingerprint density at radius 3 is 1.60 bits per heavy atom. The second-order valence-corrected chi connectivity index (χ2v) is 2.82. The predicted octanol–water partition coefficient (Wildman–Crippen LogP) is 2.16. The van der Waals surface area contributed by atoms with E-state index in [4.69, 9.17) is 10.2 Å². The van der Waals surface area contributed by atoms with E-state index in [2.05, 4.69) is 0 Å². The van der Waals surface area contributed by atoms with Crippen LogP contribution in [-0.4, -0.2) is 10.2 Å². The molecule has 0 radical (unpaired) electrons. The summed E-state index contributed by atoms with van der Waals surface area (Å²) in [5.41, 5.74) is 0. The topological polar surface area (TPSA) is 40.5 Å². The molecular formula is C8H12O2. The molecule has 10 heavy (non-hydrogen) atoms. The molecule has 0 saturated heterocycles. The summed E-state index contributed by atoms with van der Waals surface area (Å²) >= 11 is 0. The Morgan fingerprint density at radius 2 is 1.30 bits per heavy atom. The van der Waals surface area contributed by atoms with Crippen molar-refractivity contribution < 1.29 is 10.2 Å². The molecule has 0 aromatic rings. The largest absolute Gasteiger partial charge is 0.504 e. The summed E-state index contributed by atoms with van der Waals surface area (Å²) in [6, 6.07) is 0. The van der Waals surface area contributed by atoms with E-state index in [0.717, 1.165) is 0 Å². The molecule has 0 saturated carbocycles. The summed E-state index contributed by atoms with van der Waals surface area (Å²) in [5, 5.41) is 18.0. The van der Waals surface area contributed by atoms with Crippen molar-refractivity contribution in [2.24, 2.45) is 11.8 Å². The molecule has 0 amide bonds. The van der Waals surface area contributed by atoms with Gasteiger partial charge in [-0.05, 0) is 24.0 Å². The quantitative estimate of drug-likeness (QED) is 0.541. The lowest BCUT2D eigenvalue weighted by atomic mass is 9.90. The monoisotopic (exact) mass is 140 g/mol. The number of aliphatic hydroxyl groups excluding tert-OH is 2. The van der Waals surface area contributed by atoms with E-state index in [1.165, 1.54) is 0 Å². The van der Waals surface area contributed by atoms with Crippen molar-refractivity contribution in [3.63, 3.8) is 0 Å². The molecule has 2 nitrogen and oxygen atoms in total. The highest BCUT2D eigenvalue weighted by atomic mass is 16.3. The number of hydrogen-bond donors (Lipinski definition) is 2. The number of hydrogen-bond acceptors (Lipinski definition) is 2. The van der Waals surface area contributed by atoms with E-state index in [1.54, 1.807) is 12.2 Å². The second-order valence-electron chi connectivity index (χ2n) is 2.82. The van der Waals surface area contributed by atoms with E-state index in [9.17, 15) is 0 Å². The maximum atomic E-state index is 9.01. The highest BCUT2D eigenvalue weighted by Crippen LogP contribution is 2.23. The van der Waals surface area contributed by atoms with Gasteiger partial charge in [-0.2, -0.15) is 0 Å². The van der Waals surface area contributed by atoms with Crippen molar-refractivity contribution >= 4 is 0 Å². The smallest absolute Gasteiger partial charge is 0.153 e. The molecule has 2 N–H and O–H groups in total. The molecule has 0 bridgehead atoms. The van der Waals surface area contributed by atoms with Gasteiger partial charge in [0.2, 0.25) is 0 Å². The molecule has 0 fully saturated rings. The van der Waals surface area contributed by atoms with Gasteiger partial charge in [0.1, 0.15) is 0 Å². The van der Waals surface area contributed by atoms with Gasteiger partial charge in [-0.15, -0.1) is 0 Å². The summed E-state index contributed by atoms with van der Waals surface area (Å²) in [5.74, 6) is 0.642. The van der Waals surface area contributed by atoms with Gasteiger partial charge in [0.15, 0.2) is 11.5 Å². The van der Waals surface area contributed by atoms with Crippen LogP contribution in [0.3, 0.4) is 0 Å². The van der Waals surface area contributed by atoms with Crippen LogP contribution in [0.2, 0.25) is 0 Å². The molecule has 56 valence electrons. The lowest BCUT2D eigenvalue weighted by molar-refractivity contribution is 0.303. The fraction of sp³-hybridized carbons (Fsp3) is 0.500. The van der Waals surface area contributed by atoms with Crippen molar-refractivity contribution in [2.75, 3.05) is 0 Å². The SMILES string of the molecule is CC1C=C(O)C(O)=CC1C. The van der Waals surface area contributed by atoms with E-state index >= 15 is 0 Å². The van der Waals surface area contributed by atoms with Crippen LogP contribution in [0, 0.1) is 11.8 Å².